The fourth-order valence-electron chi connectivity index (χ4n) is 2.95. The Labute approximate surface area is 96.9 Å². The van der Waals surface area contributed by atoms with Crippen molar-refractivity contribution in [3.63, 3.8) is 0 Å². The average molecular weight is 221 g/mol. The molecule has 0 spiro atoms. The molecule has 1 unspecified atom stereocenters. The van der Waals surface area contributed by atoms with Crippen LogP contribution in [-0.4, -0.2) is 0 Å². The van der Waals surface area contributed by atoms with Gasteiger partial charge in [0.1, 0.15) is 5.82 Å². The van der Waals surface area contributed by atoms with Crippen LogP contribution in [0.1, 0.15) is 44.2 Å². The number of hydrogen-bond donors (Lipinski definition) is 1. The molecule has 1 atom stereocenters. The molecule has 0 amide bonds. The molecule has 2 rings (SSSR count). The lowest BCUT2D eigenvalue weighted by molar-refractivity contribution is 0.338. The molecule has 1 nitrogen and oxygen atoms in total. The van der Waals surface area contributed by atoms with E-state index in [2.05, 4.69) is 13.8 Å². The van der Waals surface area contributed by atoms with Gasteiger partial charge in [0.05, 0.1) is 0 Å². The van der Waals surface area contributed by atoms with Crippen LogP contribution in [0.25, 0.3) is 0 Å². The Morgan fingerprint density at radius 2 is 1.94 bits per heavy atom. The van der Waals surface area contributed by atoms with Crippen molar-refractivity contribution in [3.8, 4) is 0 Å². The highest BCUT2D eigenvalue weighted by molar-refractivity contribution is 5.34. The Hall–Kier alpha value is -0.890. The van der Waals surface area contributed by atoms with Gasteiger partial charge < -0.3 is 5.73 Å². The quantitative estimate of drug-likeness (QED) is 0.771. The smallest absolute Gasteiger partial charge is 0.123 e. The minimum Gasteiger partial charge on any atom is -0.321 e. The van der Waals surface area contributed by atoms with Gasteiger partial charge in [-0.05, 0) is 54.9 Å². The highest BCUT2D eigenvalue weighted by Crippen LogP contribution is 2.48. The Bertz CT molecular complexity index is 411. The van der Waals surface area contributed by atoms with Crippen molar-refractivity contribution in [2.24, 2.45) is 11.1 Å². The molecule has 1 aliphatic carbocycles. The fraction of sp³-hybridized carbons (Fsp3) is 0.571. The van der Waals surface area contributed by atoms with E-state index in [1.54, 1.807) is 6.07 Å². The maximum absolute atomic E-state index is 13.3. The van der Waals surface area contributed by atoms with E-state index in [1.165, 1.54) is 6.07 Å². The summed E-state index contributed by atoms with van der Waals surface area (Å²) in [6.07, 6.45) is 2.99. The molecule has 1 saturated carbocycles. The lowest BCUT2D eigenvalue weighted by Gasteiger charge is -2.28. The molecule has 1 aromatic carbocycles. The van der Waals surface area contributed by atoms with Crippen LogP contribution in [0.4, 0.5) is 4.39 Å². The number of aryl methyl sites for hydroxylation is 1. The molecule has 1 fully saturated rings. The number of rotatable bonds is 1. The minimum absolute atomic E-state index is 0.185. The van der Waals surface area contributed by atoms with Crippen LogP contribution in [0.2, 0.25) is 0 Å². The number of benzene rings is 1. The van der Waals surface area contributed by atoms with Crippen LogP contribution in [0.15, 0.2) is 18.2 Å². The van der Waals surface area contributed by atoms with Crippen molar-refractivity contribution in [3.05, 3.63) is 35.1 Å². The van der Waals surface area contributed by atoms with Crippen molar-refractivity contribution < 1.29 is 4.39 Å². The predicted molar refractivity (Wildman–Crippen MR) is 64.6 cm³/mol. The summed E-state index contributed by atoms with van der Waals surface area (Å²) in [6, 6.07) is 4.93. The molecule has 1 aliphatic rings. The van der Waals surface area contributed by atoms with Crippen molar-refractivity contribution in [2.45, 2.75) is 45.6 Å². The molecule has 0 aromatic heterocycles. The van der Waals surface area contributed by atoms with E-state index in [1.807, 2.05) is 13.0 Å². The highest BCUT2D eigenvalue weighted by Gasteiger charge is 2.42. The van der Waals surface area contributed by atoms with E-state index < -0.39 is 0 Å². The van der Waals surface area contributed by atoms with Gasteiger partial charge in [-0.25, -0.2) is 4.39 Å². The van der Waals surface area contributed by atoms with E-state index in [9.17, 15) is 4.39 Å². The SMILES string of the molecule is Cc1ccc(F)cc1C1(N)CCC(C)(C)C1. The first-order valence-corrected chi connectivity index (χ1v) is 5.88. The standard InChI is InChI=1S/C14H20FN/c1-10-4-5-11(15)8-12(10)14(16)7-6-13(2,3)9-14/h4-5,8H,6-7,9,16H2,1-3H3. The first-order valence-electron chi connectivity index (χ1n) is 5.88. The molecule has 2 N–H and O–H groups in total. The maximum atomic E-state index is 13.3. The molecule has 0 saturated heterocycles. The molecule has 16 heavy (non-hydrogen) atoms. The third-order valence-corrected chi connectivity index (χ3v) is 3.78. The third-order valence-electron chi connectivity index (χ3n) is 3.78. The number of halogens is 1. The Kier molecular flexibility index (Phi) is 2.58. The fourth-order valence-corrected chi connectivity index (χ4v) is 2.95. The van der Waals surface area contributed by atoms with Gasteiger partial charge in [0.15, 0.2) is 0 Å². The largest absolute Gasteiger partial charge is 0.321 e. The molecule has 0 radical (unpaired) electrons. The van der Waals surface area contributed by atoms with Crippen molar-refractivity contribution in [1.29, 1.82) is 0 Å². The Morgan fingerprint density at radius 3 is 2.50 bits per heavy atom. The monoisotopic (exact) mass is 221 g/mol. The second-order valence-electron chi connectivity index (χ2n) is 5.96. The summed E-state index contributed by atoms with van der Waals surface area (Å²) in [6.45, 7) is 6.47. The summed E-state index contributed by atoms with van der Waals surface area (Å²) in [4.78, 5) is 0. The van der Waals surface area contributed by atoms with Crippen LogP contribution in [0, 0.1) is 18.2 Å². The molecule has 2 heteroatoms. The van der Waals surface area contributed by atoms with Crippen molar-refractivity contribution in [2.75, 3.05) is 0 Å². The summed E-state index contributed by atoms with van der Waals surface area (Å²) in [5.41, 5.74) is 8.48. The molecule has 0 aliphatic heterocycles. The van der Waals surface area contributed by atoms with Gasteiger partial charge >= 0.3 is 0 Å². The lowest BCUT2D eigenvalue weighted by Crippen LogP contribution is -2.35. The third kappa shape index (κ3) is 1.99. The summed E-state index contributed by atoms with van der Waals surface area (Å²) in [5.74, 6) is -0.185. The van der Waals surface area contributed by atoms with Crippen LogP contribution in [0.3, 0.4) is 0 Å². The molecule has 0 bridgehead atoms. The Balaban J connectivity index is 2.41. The normalized spacial score (nSPS) is 28.3. The molecule has 1 aromatic rings. The second kappa shape index (κ2) is 3.56. The van der Waals surface area contributed by atoms with E-state index in [4.69, 9.17) is 5.73 Å². The zero-order valence-electron chi connectivity index (χ0n) is 10.3. The second-order valence-corrected chi connectivity index (χ2v) is 5.96. The summed E-state index contributed by atoms with van der Waals surface area (Å²) >= 11 is 0. The van der Waals surface area contributed by atoms with Crippen molar-refractivity contribution >= 4 is 0 Å². The highest BCUT2D eigenvalue weighted by atomic mass is 19.1. The zero-order valence-corrected chi connectivity index (χ0v) is 10.3. The van der Waals surface area contributed by atoms with Crippen LogP contribution in [0.5, 0.6) is 0 Å². The maximum Gasteiger partial charge on any atom is 0.123 e. The predicted octanol–water partition coefficient (Wildman–Crippen LogP) is 3.50. The van der Waals surface area contributed by atoms with E-state index in [-0.39, 0.29) is 16.8 Å². The topological polar surface area (TPSA) is 26.0 Å². The lowest BCUT2D eigenvalue weighted by atomic mass is 9.82. The van der Waals surface area contributed by atoms with Crippen LogP contribution < -0.4 is 5.73 Å². The minimum atomic E-state index is -0.338. The number of nitrogens with two attached hydrogens (primary N) is 1. The summed E-state index contributed by atoms with van der Waals surface area (Å²) in [7, 11) is 0. The van der Waals surface area contributed by atoms with Crippen LogP contribution in [-0.2, 0) is 5.54 Å². The molecule has 0 heterocycles. The first-order chi connectivity index (χ1) is 7.32. The van der Waals surface area contributed by atoms with E-state index >= 15 is 0 Å². The van der Waals surface area contributed by atoms with Gasteiger partial charge in [-0.15, -0.1) is 0 Å². The van der Waals surface area contributed by atoms with Crippen molar-refractivity contribution in [1.82, 2.24) is 0 Å². The molecular formula is C14H20FN. The van der Waals surface area contributed by atoms with Gasteiger partial charge in [-0.1, -0.05) is 19.9 Å². The van der Waals surface area contributed by atoms with Gasteiger partial charge in [0, 0.05) is 5.54 Å². The first kappa shape index (κ1) is 11.6. The Morgan fingerprint density at radius 1 is 1.25 bits per heavy atom. The molecular weight excluding hydrogens is 201 g/mol. The van der Waals surface area contributed by atoms with Crippen LogP contribution >= 0.6 is 0 Å². The van der Waals surface area contributed by atoms with Gasteiger partial charge in [-0.3, -0.25) is 0 Å². The summed E-state index contributed by atoms with van der Waals surface area (Å²) in [5, 5.41) is 0. The van der Waals surface area contributed by atoms with E-state index in [0.717, 1.165) is 30.4 Å². The number of hydrogen-bond acceptors (Lipinski definition) is 1. The average Bonchev–Trinajstić information content (AvgIpc) is 2.46. The van der Waals surface area contributed by atoms with Gasteiger partial charge in [0.2, 0.25) is 0 Å². The van der Waals surface area contributed by atoms with Gasteiger partial charge in [-0.2, -0.15) is 0 Å². The summed E-state index contributed by atoms with van der Waals surface area (Å²) < 4.78 is 13.3. The zero-order chi connectivity index (χ0) is 12.0. The molecule has 88 valence electrons. The van der Waals surface area contributed by atoms with E-state index in [0.29, 0.717) is 0 Å². The van der Waals surface area contributed by atoms with Gasteiger partial charge in [0.25, 0.3) is 0 Å².